The lowest BCUT2D eigenvalue weighted by molar-refractivity contribution is -0.275. The monoisotopic (exact) mass is 205 g/mol. The van der Waals surface area contributed by atoms with Crippen LogP contribution in [0.25, 0.3) is 0 Å². The summed E-state index contributed by atoms with van der Waals surface area (Å²) < 4.78 is 10.3. The Balaban J connectivity index is 2.55. The molecule has 3 N–H and O–H groups in total. The van der Waals surface area contributed by atoms with E-state index in [2.05, 4.69) is 0 Å². The van der Waals surface area contributed by atoms with E-state index in [1.54, 1.807) is 20.8 Å². The van der Waals surface area contributed by atoms with E-state index in [9.17, 15) is 10.2 Å². The van der Waals surface area contributed by atoms with Crippen LogP contribution in [0.3, 0.4) is 0 Å². The van der Waals surface area contributed by atoms with Crippen molar-refractivity contribution in [2.24, 2.45) is 0 Å². The van der Waals surface area contributed by atoms with Gasteiger partial charge in [-0.15, -0.1) is 0 Å². The van der Waals surface area contributed by atoms with E-state index >= 15 is 0 Å². The number of hydrogen-bond donors (Lipinski definition) is 3. The maximum absolute atomic E-state index is 9.49. The van der Waals surface area contributed by atoms with Crippen molar-refractivity contribution in [2.75, 3.05) is 0 Å². The summed E-state index contributed by atoms with van der Waals surface area (Å²) in [5.74, 6) is 0. The third-order valence-corrected chi connectivity index (χ3v) is 1.80. The molecule has 0 aliphatic carbocycles. The van der Waals surface area contributed by atoms with Crippen molar-refractivity contribution in [1.82, 2.24) is 0 Å². The summed E-state index contributed by atoms with van der Waals surface area (Å²) in [6, 6.07) is 0. The largest absolute Gasteiger partial charge is 0.387 e. The van der Waals surface area contributed by atoms with Gasteiger partial charge in [-0.2, -0.15) is 0 Å². The van der Waals surface area contributed by atoms with Crippen molar-refractivity contribution in [2.45, 2.75) is 51.0 Å². The SMILES string of the molecule is CC(C)(C)O[C@@H]1O[CH][C@@H](O)[C@H](O)[C@H]1O. The quantitative estimate of drug-likeness (QED) is 0.533. The van der Waals surface area contributed by atoms with Crippen LogP contribution in [-0.4, -0.2) is 45.5 Å². The number of aliphatic hydroxyl groups excluding tert-OH is 3. The first kappa shape index (κ1) is 11.9. The number of aliphatic hydroxyl groups is 3. The highest BCUT2D eigenvalue weighted by atomic mass is 16.7. The van der Waals surface area contributed by atoms with Gasteiger partial charge in [-0.25, -0.2) is 0 Å². The number of hydrogen-bond acceptors (Lipinski definition) is 5. The Kier molecular flexibility index (Phi) is 3.49. The molecule has 1 radical (unpaired) electrons. The Bertz CT molecular complexity index is 188. The standard InChI is InChI=1S/C9H17O5/c1-9(2,3)14-8-7(12)6(11)5(10)4-13-8/h4-8,10-12H,1-3H3/t5-,6+,7-,8+/m1/s1. The van der Waals surface area contributed by atoms with Crippen LogP contribution < -0.4 is 0 Å². The first-order valence-electron chi connectivity index (χ1n) is 4.52. The predicted octanol–water partition coefficient (Wildman–Crippen LogP) is -0.598. The summed E-state index contributed by atoms with van der Waals surface area (Å²) >= 11 is 0. The Labute approximate surface area is 83.3 Å². The molecule has 0 bridgehead atoms. The average molecular weight is 205 g/mol. The lowest BCUT2D eigenvalue weighted by Gasteiger charge is -2.37. The van der Waals surface area contributed by atoms with Crippen LogP contribution in [0.2, 0.25) is 0 Å². The van der Waals surface area contributed by atoms with Gasteiger partial charge in [0.25, 0.3) is 0 Å². The van der Waals surface area contributed by atoms with Crippen LogP contribution in [0.5, 0.6) is 0 Å². The van der Waals surface area contributed by atoms with Crippen molar-refractivity contribution in [3.63, 3.8) is 0 Å². The fourth-order valence-electron chi connectivity index (χ4n) is 1.13. The van der Waals surface area contributed by atoms with Crippen LogP contribution in [0, 0.1) is 6.61 Å². The summed E-state index contributed by atoms with van der Waals surface area (Å²) in [5, 5.41) is 27.9. The van der Waals surface area contributed by atoms with Crippen LogP contribution in [0.15, 0.2) is 0 Å². The fourth-order valence-corrected chi connectivity index (χ4v) is 1.13. The van der Waals surface area contributed by atoms with Crippen LogP contribution in [0.1, 0.15) is 20.8 Å². The van der Waals surface area contributed by atoms with Crippen LogP contribution in [-0.2, 0) is 9.47 Å². The van der Waals surface area contributed by atoms with Crippen molar-refractivity contribution in [3.8, 4) is 0 Å². The van der Waals surface area contributed by atoms with Gasteiger partial charge >= 0.3 is 0 Å². The summed E-state index contributed by atoms with van der Waals surface area (Å²) in [6.45, 7) is 6.48. The highest BCUT2D eigenvalue weighted by Gasteiger charge is 2.40. The van der Waals surface area contributed by atoms with Gasteiger partial charge in [0.2, 0.25) is 0 Å². The van der Waals surface area contributed by atoms with Gasteiger partial charge in [-0.05, 0) is 20.8 Å². The molecule has 5 heteroatoms. The van der Waals surface area contributed by atoms with Gasteiger partial charge in [0.1, 0.15) is 24.9 Å². The lowest BCUT2D eigenvalue weighted by atomic mass is 10.1. The normalized spacial score (nSPS) is 39.9. The molecule has 0 aromatic rings. The molecule has 1 rings (SSSR count). The Morgan fingerprint density at radius 1 is 1.14 bits per heavy atom. The van der Waals surface area contributed by atoms with Crippen LogP contribution >= 0.6 is 0 Å². The summed E-state index contributed by atoms with van der Waals surface area (Å²) in [4.78, 5) is 0. The average Bonchev–Trinajstić information content (AvgIpc) is 2.04. The molecule has 4 atom stereocenters. The van der Waals surface area contributed by atoms with Crippen molar-refractivity contribution < 1.29 is 24.8 Å². The first-order chi connectivity index (χ1) is 6.31. The molecule has 0 aromatic heterocycles. The molecule has 1 aliphatic heterocycles. The summed E-state index contributed by atoms with van der Waals surface area (Å²) in [7, 11) is 0. The molecule has 0 aromatic carbocycles. The number of rotatable bonds is 1. The third-order valence-electron chi connectivity index (χ3n) is 1.80. The lowest BCUT2D eigenvalue weighted by Crippen LogP contribution is -2.53. The van der Waals surface area contributed by atoms with Gasteiger partial charge < -0.3 is 24.8 Å². The second-order valence-corrected chi connectivity index (χ2v) is 4.34. The van der Waals surface area contributed by atoms with E-state index in [1.165, 1.54) is 0 Å². The highest BCUT2D eigenvalue weighted by molar-refractivity contribution is 4.89. The van der Waals surface area contributed by atoms with Crippen molar-refractivity contribution in [3.05, 3.63) is 6.61 Å². The minimum Gasteiger partial charge on any atom is -0.387 e. The molecule has 83 valence electrons. The molecule has 0 amide bonds. The Morgan fingerprint density at radius 2 is 1.71 bits per heavy atom. The molecule has 1 heterocycles. The molecule has 1 saturated heterocycles. The Hall–Kier alpha value is -0.200. The molecule has 5 nitrogen and oxygen atoms in total. The van der Waals surface area contributed by atoms with E-state index in [4.69, 9.17) is 14.6 Å². The molecule has 0 saturated carbocycles. The second kappa shape index (κ2) is 4.12. The van der Waals surface area contributed by atoms with Gasteiger partial charge in [0.05, 0.1) is 5.60 Å². The number of ether oxygens (including phenoxy) is 2. The van der Waals surface area contributed by atoms with Crippen molar-refractivity contribution >= 4 is 0 Å². The van der Waals surface area contributed by atoms with Crippen LogP contribution in [0.4, 0.5) is 0 Å². The summed E-state index contributed by atoms with van der Waals surface area (Å²) in [5.41, 5.74) is -0.485. The third kappa shape index (κ3) is 2.90. The minimum atomic E-state index is -1.27. The maximum Gasteiger partial charge on any atom is 0.187 e. The minimum absolute atomic E-state index is 0.485. The second-order valence-electron chi connectivity index (χ2n) is 4.34. The van der Waals surface area contributed by atoms with E-state index in [0.717, 1.165) is 6.61 Å². The molecular formula is C9H17O5. The molecule has 1 aliphatic rings. The maximum atomic E-state index is 9.49. The molecule has 0 spiro atoms. The zero-order chi connectivity index (χ0) is 10.9. The van der Waals surface area contributed by atoms with E-state index in [-0.39, 0.29) is 0 Å². The predicted molar refractivity (Wildman–Crippen MR) is 48.0 cm³/mol. The van der Waals surface area contributed by atoms with E-state index in [0.29, 0.717) is 0 Å². The molecule has 1 fully saturated rings. The van der Waals surface area contributed by atoms with Gasteiger partial charge in [0.15, 0.2) is 6.29 Å². The smallest absolute Gasteiger partial charge is 0.187 e. The molecular weight excluding hydrogens is 188 g/mol. The summed E-state index contributed by atoms with van der Waals surface area (Å²) in [6.07, 6.45) is -4.62. The topological polar surface area (TPSA) is 79.2 Å². The molecule has 0 unspecified atom stereocenters. The fraction of sp³-hybridized carbons (Fsp3) is 0.889. The Morgan fingerprint density at radius 3 is 2.21 bits per heavy atom. The first-order valence-corrected chi connectivity index (χ1v) is 4.52. The van der Waals surface area contributed by atoms with Gasteiger partial charge in [-0.3, -0.25) is 0 Å². The highest BCUT2D eigenvalue weighted by Crippen LogP contribution is 2.23. The van der Waals surface area contributed by atoms with E-state index in [1.807, 2.05) is 0 Å². The van der Waals surface area contributed by atoms with Crippen molar-refractivity contribution in [1.29, 1.82) is 0 Å². The van der Waals surface area contributed by atoms with Gasteiger partial charge in [0, 0.05) is 0 Å². The molecule has 14 heavy (non-hydrogen) atoms. The van der Waals surface area contributed by atoms with Gasteiger partial charge in [-0.1, -0.05) is 0 Å². The van der Waals surface area contributed by atoms with E-state index < -0.39 is 30.2 Å². The zero-order valence-electron chi connectivity index (χ0n) is 8.54. The zero-order valence-corrected chi connectivity index (χ0v) is 8.54.